The number of hydrogen-bond acceptors (Lipinski definition) is 3. The topological polar surface area (TPSA) is 83.6 Å². The van der Waals surface area contributed by atoms with Crippen LogP contribution in [0, 0.1) is 5.92 Å². The van der Waals surface area contributed by atoms with E-state index in [0.717, 1.165) is 6.42 Å². The van der Waals surface area contributed by atoms with E-state index in [1.807, 2.05) is 13.8 Å². The summed E-state index contributed by atoms with van der Waals surface area (Å²) in [6.45, 7) is 6.09. The Kier molecular flexibility index (Phi) is 6.72. The van der Waals surface area contributed by atoms with Crippen molar-refractivity contribution in [2.24, 2.45) is 11.7 Å². The van der Waals surface area contributed by atoms with Gasteiger partial charge in [-0.05, 0) is 13.3 Å². The molecule has 2 atom stereocenters. The predicted molar refractivity (Wildman–Crippen MR) is 61.9 cm³/mol. The lowest BCUT2D eigenvalue weighted by molar-refractivity contribution is -0.143. The molecule has 0 heterocycles. The summed E-state index contributed by atoms with van der Waals surface area (Å²) in [4.78, 5) is 24.0. The van der Waals surface area contributed by atoms with Gasteiger partial charge in [0.1, 0.15) is 0 Å². The normalized spacial score (nSPS) is 14.2. The van der Waals surface area contributed by atoms with E-state index < -0.39 is 17.9 Å². The average Bonchev–Trinajstić information content (AvgIpc) is 2.24. The highest BCUT2D eigenvalue weighted by Gasteiger charge is 2.22. The van der Waals surface area contributed by atoms with Crippen LogP contribution in [0.1, 0.15) is 33.6 Å². The fourth-order valence-electron chi connectivity index (χ4n) is 1.45. The van der Waals surface area contributed by atoms with Crippen LogP contribution in [0.25, 0.3) is 0 Å². The number of carbonyl (C=O) groups excluding carboxylic acids is 1. The van der Waals surface area contributed by atoms with E-state index in [4.69, 9.17) is 10.8 Å². The number of nitrogens with zero attached hydrogens (tertiary/aromatic N) is 1. The smallest absolute Gasteiger partial charge is 0.308 e. The molecule has 0 saturated heterocycles. The third-order valence-corrected chi connectivity index (χ3v) is 2.53. The summed E-state index contributed by atoms with van der Waals surface area (Å²) < 4.78 is 0. The first kappa shape index (κ1) is 14.9. The van der Waals surface area contributed by atoms with Crippen LogP contribution in [0.4, 0.5) is 0 Å². The van der Waals surface area contributed by atoms with Gasteiger partial charge < -0.3 is 15.7 Å². The number of carboxylic acid groups (broad SMARTS) is 1. The van der Waals surface area contributed by atoms with Gasteiger partial charge in [0.05, 0.1) is 12.0 Å². The highest BCUT2D eigenvalue weighted by molar-refractivity contribution is 5.82. The van der Waals surface area contributed by atoms with Crippen molar-refractivity contribution < 1.29 is 14.7 Å². The Morgan fingerprint density at radius 3 is 2.31 bits per heavy atom. The largest absolute Gasteiger partial charge is 0.481 e. The Balaban J connectivity index is 4.37. The van der Waals surface area contributed by atoms with Crippen molar-refractivity contribution in [2.75, 3.05) is 13.1 Å². The first-order chi connectivity index (χ1) is 7.43. The molecule has 0 radical (unpaired) electrons. The maximum Gasteiger partial charge on any atom is 0.308 e. The van der Waals surface area contributed by atoms with Crippen LogP contribution in [-0.2, 0) is 9.59 Å². The first-order valence-corrected chi connectivity index (χ1v) is 5.71. The molecule has 0 aliphatic rings. The quantitative estimate of drug-likeness (QED) is 0.673. The SMILES string of the molecule is CCCC(N)C(=O)N(CC)CC(C)C(=O)O. The Morgan fingerprint density at radius 2 is 1.94 bits per heavy atom. The molecule has 0 bridgehead atoms. The summed E-state index contributed by atoms with van der Waals surface area (Å²) in [5.74, 6) is -1.61. The first-order valence-electron chi connectivity index (χ1n) is 5.71. The maximum atomic E-state index is 11.8. The minimum atomic E-state index is -0.893. The molecule has 2 unspecified atom stereocenters. The van der Waals surface area contributed by atoms with Gasteiger partial charge in [0, 0.05) is 13.1 Å². The number of rotatable bonds is 7. The Hall–Kier alpha value is -1.10. The molecule has 0 aliphatic heterocycles. The molecule has 0 fully saturated rings. The number of amides is 1. The van der Waals surface area contributed by atoms with E-state index in [1.165, 1.54) is 4.90 Å². The van der Waals surface area contributed by atoms with Crippen LogP contribution in [-0.4, -0.2) is 41.0 Å². The molecule has 0 aliphatic carbocycles. The van der Waals surface area contributed by atoms with E-state index >= 15 is 0 Å². The van der Waals surface area contributed by atoms with Gasteiger partial charge in [0.25, 0.3) is 0 Å². The number of nitrogens with two attached hydrogens (primary N) is 1. The van der Waals surface area contributed by atoms with Crippen molar-refractivity contribution in [1.82, 2.24) is 4.90 Å². The molecule has 0 spiro atoms. The van der Waals surface area contributed by atoms with Crippen LogP contribution in [0.3, 0.4) is 0 Å². The lowest BCUT2D eigenvalue weighted by Gasteiger charge is -2.25. The molecule has 94 valence electrons. The Labute approximate surface area is 96.6 Å². The third-order valence-electron chi connectivity index (χ3n) is 2.53. The zero-order chi connectivity index (χ0) is 12.7. The van der Waals surface area contributed by atoms with E-state index in [1.54, 1.807) is 6.92 Å². The van der Waals surface area contributed by atoms with Crippen LogP contribution >= 0.6 is 0 Å². The molecule has 5 heteroatoms. The van der Waals surface area contributed by atoms with Crippen LogP contribution in [0.2, 0.25) is 0 Å². The van der Waals surface area contributed by atoms with Gasteiger partial charge in [0.15, 0.2) is 0 Å². The van der Waals surface area contributed by atoms with Crippen molar-refractivity contribution in [2.45, 2.75) is 39.7 Å². The van der Waals surface area contributed by atoms with Gasteiger partial charge in [-0.25, -0.2) is 0 Å². The number of carbonyl (C=O) groups is 2. The highest BCUT2D eigenvalue weighted by atomic mass is 16.4. The number of carboxylic acids is 1. The van der Waals surface area contributed by atoms with Crippen LogP contribution in [0.5, 0.6) is 0 Å². The molecule has 0 aromatic carbocycles. The molecular formula is C11H22N2O3. The molecule has 0 aromatic heterocycles. The van der Waals surface area contributed by atoms with E-state index in [9.17, 15) is 9.59 Å². The number of hydrogen-bond donors (Lipinski definition) is 2. The second-order valence-electron chi connectivity index (χ2n) is 4.01. The van der Waals surface area contributed by atoms with Crippen molar-refractivity contribution >= 4 is 11.9 Å². The summed E-state index contributed by atoms with van der Waals surface area (Å²) >= 11 is 0. The maximum absolute atomic E-state index is 11.8. The minimum absolute atomic E-state index is 0.155. The molecule has 16 heavy (non-hydrogen) atoms. The molecule has 0 aromatic rings. The highest BCUT2D eigenvalue weighted by Crippen LogP contribution is 2.04. The van der Waals surface area contributed by atoms with Crippen molar-refractivity contribution in [3.8, 4) is 0 Å². The van der Waals surface area contributed by atoms with Gasteiger partial charge in [-0.3, -0.25) is 9.59 Å². The summed E-state index contributed by atoms with van der Waals surface area (Å²) in [6.07, 6.45) is 1.48. The van der Waals surface area contributed by atoms with Crippen LogP contribution in [0.15, 0.2) is 0 Å². The summed E-state index contributed by atoms with van der Waals surface area (Å²) in [5.41, 5.74) is 5.72. The second kappa shape index (κ2) is 7.22. The Morgan fingerprint density at radius 1 is 1.38 bits per heavy atom. The average molecular weight is 230 g/mol. The molecule has 0 rings (SSSR count). The van der Waals surface area contributed by atoms with E-state index in [2.05, 4.69) is 0 Å². The monoisotopic (exact) mass is 230 g/mol. The summed E-state index contributed by atoms with van der Waals surface area (Å²) in [6, 6.07) is -0.508. The zero-order valence-corrected chi connectivity index (χ0v) is 10.3. The van der Waals surface area contributed by atoms with Crippen molar-refractivity contribution in [1.29, 1.82) is 0 Å². The minimum Gasteiger partial charge on any atom is -0.481 e. The Bertz CT molecular complexity index is 243. The number of aliphatic carboxylic acids is 1. The van der Waals surface area contributed by atoms with Crippen LogP contribution < -0.4 is 5.73 Å². The molecule has 0 saturated carbocycles. The fourth-order valence-corrected chi connectivity index (χ4v) is 1.45. The van der Waals surface area contributed by atoms with Gasteiger partial charge in [-0.2, -0.15) is 0 Å². The number of likely N-dealkylation sites (N-methyl/N-ethyl adjacent to an activating group) is 1. The van der Waals surface area contributed by atoms with Crippen molar-refractivity contribution in [3.05, 3.63) is 0 Å². The third kappa shape index (κ3) is 4.61. The standard InChI is InChI=1S/C11H22N2O3/c1-4-6-9(12)10(14)13(5-2)7-8(3)11(15)16/h8-9H,4-7,12H2,1-3H3,(H,15,16). The van der Waals surface area contributed by atoms with E-state index in [0.29, 0.717) is 13.0 Å². The molecular weight excluding hydrogens is 208 g/mol. The zero-order valence-electron chi connectivity index (χ0n) is 10.3. The van der Waals surface area contributed by atoms with Gasteiger partial charge >= 0.3 is 5.97 Å². The second-order valence-corrected chi connectivity index (χ2v) is 4.01. The van der Waals surface area contributed by atoms with Gasteiger partial charge in [0.2, 0.25) is 5.91 Å². The predicted octanol–water partition coefficient (Wildman–Crippen LogP) is 0.683. The van der Waals surface area contributed by atoms with Crippen molar-refractivity contribution in [3.63, 3.8) is 0 Å². The molecule has 3 N–H and O–H groups in total. The van der Waals surface area contributed by atoms with Gasteiger partial charge in [-0.1, -0.05) is 20.3 Å². The van der Waals surface area contributed by atoms with Gasteiger partial charge in [-0.15, -0.1) is 0 Å². The molecule has 5 nitrogen and oxygen atoms in total. The lowest BCUT2D eigenvalue weighted by Crippen LogP contribution is -2.46. The lowest BCUT2D eigenvalue weighted by atomic mass is 10.1. The fraction of sp³-hybridized carbons (Fsp3) is 0.818. The van der Waals surface area contributed by atoms with E-state index in [-0.39, 0.29) is 12.5 Å². The summed E-state index contributed by atoms with van der Waals surface area (Å²) in [7, 11) is 0. The molecule has 1 amide bonds. The summed E-state index contributed by atoms with van der Waals surface area (Å²) in [5, 5.41) is 8.78.